The third kappa shape index (κ3) is 4.53. The molecule has 1 aromatic rings. The quantitative estimate of drug-likeness (QED) is 0.579. The van der Waals surface area contributed by atoms with Gasteiger partial charge < -0.3 is 9.47 Å². The maximum absolute atomic E-state index is 11.8. The lowest BCUT2D eigenvalue weighted by Gasteiger charge is -2.04. The van der Waals surface area contributed by atoms with Crippen molar-refractivity contribution in [1.29, 1.82) is 0 Å². The summed E-state index contributed by atoms with van der Waals surface area (Å²) in [5, 5.41) is -1.05. The van der Waals surface area contributed by atoms with Gasteiger partial charge >= 0.3 is 5.97 Å². The minimum absolute atomic E-state index is 0.0159. The van der Waals surface area contributed by atoms with Crippen LogP contribution in [0.2, 0.25) is 0 Å². The summed E-state index contributed by atoms with van der Waals surface area (Å²) in [7, 11) is -2.39. The first-order valence-corrected chi connectivity index (χ1v) is 8.62. The normalized spacial score (nSPS) is 10.9. The molecule has 0 heterocycles. The molecule has 1 rings (SSSR count). The van der Waals surface area contributed by atoms with Gasteiger partial charge in [0.1, 0.15) is 11.5 Å². The van der Waals surface area contributed by atoms with E-state index in [1.54, 1.807) is 6.92 Å². The Bertz CT molecular complexity index is 576. The highest BCUT2D eigenvalue weighted by Crippen LogP contribution is 2.20. The predicted molar refractivity (Wildman–Crippen MR) is 75.3 cm³/mol. The molecule has 0 bridgehead atoms. The summed E-state index contributed by atoms with van der Waals surface area (Å²) in [6.07, 6.45) is 0. The molecule has 0 saturated carbocycles. The van der Waals surface area contributed by atoms with Crippen LogP contribution < -0.4 is 4.74 Å². The summed E-state index contributed by atoms with van der Waals surface area (Å²) >= 11 is 0. The van der Waals surface area contributed by atoms with Crippen LogP contribution in [0.5, 0.6) is 5.75 Å². The zero-order valence-electron chi connectivity index (χ0n) is 11.0. The van der Waals surface area contributed by atoms with Gasteiger partial charge in [0.05, 0.1) is 13.7 Å². The molecule has 0 saturated heterocycles. The largest absolute Gasteiger partial charge is 0.497 e. The van der Waals surface area contributed by atoms with Gasteiger partial charge in [-0.1, -0.05) is 0 Å². The fraction of sp³-hybridized carbons (Fsp3) is 0.333. The maximum Gasteiger partial charge on any atom is 0.316 e. The lowest BCUT2D eigenvalue weighted by molar-refractivity contribution is -0.139. The minimum Gasteiger partial charge on any atom is -0.497 e. The van der Waals surface area contributed by atoms with E-state index < -0.39 is 25.7 Å². The van der Waals surface area contributed by atoms with Gasteiger partial charge in [-0.2, -0.15) is 0 Å². The summed E-state index contributed by atoms with van der Waals surface area (Å²) in [5.74, 6) is -0.584. The molecule has 1 aromatic carbocycles. The van der Waals surface area contributed by atoms with E-state index in [1.807, 2.05) is 0 Å². The van der Waals surface area contributed by atoms with E-state index in [9.17, 15) is 18.0 Å². The number of methoxy groups -OCH3 is 1. The van der Waals surface area contributed by atoms with Crippen molar-refractivity contribution in [3.63, 3.8) is 0 Å². The van der Waals surface area contributed by atoms with Crippen LogP contribution >= 0.6 is 10.8 Å². The zero-order valence-corrected chi connectivity index (χ0v) is 12.6. The van der Waals surface area contributed by atoms with Crippen molar-refractivity contribution in [2.45, 2.75) is 6.92 Å². The van der Waals surface area contributed by atoms with E-state index in [4.69, 9.17) is 4.74 Å². The van der Waals surface area contributed by atoms with Crippen molar-refractivity contribution in [3.05, 3.63) is 29.8 Å². The summed E-state index contributed by atoms with van der Waals surface area (Å²) in [4.78, 5) is 22.9. The summed E-state index contributed by atoms with van der Waals surface area (Å²) in [6, 6.07) is 5.67. The van der Waals surface area contributed by atoms with E-state index >= 15 is 0 Å². The fourth-order valence-corrected chi connectivity index (χ4v) is 3.48. The van der Waals surface area contributed by atoms with Gasteiger partial charge in [0, 0.05) is 5.56 Å². The highest BCUT2D eigenvalue weighted by atomic mass is 33.1. The second-order valence-corrected chi connectivity index (χ2v) is 7.36. The Morgan fingerprint density at radius 3 is 2.30 bits per heavy atom. The summed E-state index contributed by atoms with van der Waals surface area (Å²) in [6.45, 7) is 1.77. The van der Waals surface area contributed by atoms with Gasteiger partial charge in [0.25, 0.3) is 14.0 Å². The van der Waals surface area contributed by atoms with Crippen molar-refractivity contribution in [3.8, 4) is 5.75 Å². The molecule has 0 amide bonds. The van der Waals surface area contributed by atoms with Gasteiger partial charge in [-0.25, -0.2) is 8.42 Å². The minimum atomic E-state index is -4.11. The second-order valence-electron chi connectivity index (χ2n) is 3.54. The molecule has 8 heteroatoms. The Morgan fingerprint density at radius 2 is 1.80 bits per heavy atom. The first-order valence-electron chi connectivity index (χ1n) is 5.64. The molecule has 0 spiro atoms. The van der Waals surface area contributed by atoms with E-state index in [0.717, 1.165) is 0 Å². The Morgan fingerprint density at radius 1 is 1.20 bits per heavy atom. The van der Waals surface area contributed by atoms with Gasteiger partial charge in [0.2, 0.25) is 0 Å². The van der Waals surface area contributed by atoms with Crippen molar-refractivity contribution in [2.24, 2.45) is 0 Å². The molecule has 0 atom stereocenters. The fourth-order valence-electron chi connectivity index (χ4n) is 1.25. The smallest absolute Gasteiger partial charge is 0.316 e. The molecular formula is C12H14O6S2. The molecule has 0 aliphatic heterocycles. The van der Waals surface area contributed by atoms with Crippen LogP contribution in [-0.4, -0.2) is 39.0 Å². The van der Waals surface area contributed by atoms with Gasteiger partial charge in [0.15, 0.2) is 0 Å². The van der Waals surface area contributed by atoms with Gasteiger partial charge in [-0.15, -0.1) is 0 Å². The number of carbonyl (C=O) groups excluding carboxylic acids is 2. The third-order valence-corrected chi connectivity index (χ3v) is 5.28. The topological polar surface area (TPSA) is 86.7 Å². The number of rotatable bonds is 6. The molecular weight excluding hydrogens is 304 g/mol. The molecule has 0 unspecified atom stereocenters. The van der Waals surface area contributed by atoms with Crippen LogP contribution in [0.25, 0.3) is 0 Å². The lowest BCUT2D eigenvalue weighted by atomic mass is 10.2. The number of hydrogen-bond donors (Lipinski definition) is 0. The lowest BCUT2D eigenvalue weighted by Crippen LogP contribution is -2.15. The van der Waals surface area contributed by atoms with Crippen molar-refractivity contribution >= 4 is 30.7 Å². The van der Waals surface area contributed by atoms with E-state index in [2.05, 4.69) is 4.74 Å². The molecule has 0 radical (unpaired) electrons. The zero-order chi connectivity index (χ0) is 15.2. The average Bonchev–Trinajstić information content (AvgIpc) is 2.45. The molecule has 0 aliphatic carbocycles. The number of hydrogen-bond acceptors (Lipinski definition) is 7. The van der Waals surface area contributed by atoms with E-state index in [-0.39, 0.29) is 23.0 Å². The van der Waals surface area contributed by atoms with Crippen LogP contribution in [0, 0.1) is 0 Å². The van der Waals surface area contributed by atoms with Crippen molar-refractivity contribution < 1.29 is 27.5 Å². The first-order chi connectivity index (χ1) is 9.40. The molecule has 0 fully saturated rings. The Hall–Kier alpha value is -1.54. The van der Waals surface area contributed by atoms with Crippen molar-refractivity contribution in [2.75, 3.05) is 19.5 Å². The van der Waals surface area contributed by atoms with Crippen LogP contribution in [0.15, 0.2) is 24.3 Å². The number of ether oxygens (including phenoxy) is 2. The predicted octanol–water partition coefficient (Wildman–Crippen LogP) is 1.46. The summed E-state index contributed by atoms with van der Waals surface area (Å²) < 4.78 is 33.1. The second kappa shape index (κ2) is 7.30. The molecule has 0 aliphatic rings. The molecule has 20 heavy (non-hydrogen) atoms. The Kier molecular flexibility index (Phi) is 6.03. The average molecular weight is 318 g/mol. The molecule has 0 aromatic heterocycles. The standard InChI is InChI=1S/C12H14O6S2/c1-3-18-11(13)8-19-20(15,16)12(14)9-4-6-10(17-2)7-5-9/h4-7H,3,8H2,1-2H3. The highest BCUT2D eigenvalue weighted by molar-refractivity contribution is 8.77. The molecule has 6 nitrogen and oxygen atoms in total. The first kappa shape index (κ1) is 16.5. The van der Waals surface area contributed by atoms with E-state index in [1.165, 1.54) is 31.4 Å². The molecule has 0 N–H and O–H groups in total. The van der Waals surface area contributed by atoms with E-state index in [0.29, 0.717) is 5.75 Å². The van der Waals surface area contributed by atoms with Gasteiger partial charge in [-0.3, -0.25) is 9.59 Å². The van der Waals surface area contributed by atoms with Crippen LogP contribution in [0.4, 0.5) is 0 Å². The van der Waals surface area contributed by atoms with Crippen molar-refractivity contribution in [1.82, 2.24) is 0 Å². The van der Waals surface area contributed by atoms with Crippen LogP contribution in [0.1, 0.15) is 17.3 Å². The van der Waals surface area contributed by atoms with Crippen LogP contribution in [-0.2, 0) is 18.4 Å². The number of benzene rings is 1. The SMILES string of the molecule is CCOC(=O)CSS(=O)(=O)C(=O)c1ccc(OC)cc1. The number of carbonyl (C=O) groups is 2. The van der Waals surface area contributed by atoms with Gasteiger partial charge in [-0.05, 0) is 42.0 Å². The highest BCUT2D eigenvalue weighted by Gasteiger charge is 2.26. The monoisotopic (exact) mass is 318 g/mol. The maximum atomic E-state index is 11.8. The van der Waals surface area contributed by atoms with Crippen LogP contribution in [0.3, 0.4) is 0 Å². The summed E-state index contributed by atoms with van der Waals surface area (Å²) in [5.41, 5.74) is 0.0159. The third-order valence-electron chi connectivity index (χ3n) is 2.19. The Labute approximate surface area is 120 Å². The number of esters is 1. The Balaban J connectivity index is 2.75. The molecule has 110 valence electrons.